The third-order valence-electron chi connectivity index (χ3n) is 4.62. The lowest BCUT2D eigenvalue weighted by Crippen LogP contribution is -2.71. The Morgan fingerprint density at radius 1 is 1.41 bits per heavy atom. The van der Waals surface area contributed by atoms with Crippen LogP contribution in [0.15, 0.2) is 46.1 Å². The average molecular weight is 508 g/mol. The van der Waals surface area contributed by atoms with Crippen LogP contribution in [0, 0.1) is 0 Å². The molecule has 0 unspecified atom stereocenters. The van der Waals surface area contributed by atoms with E-state index >= 15 is 0 Å². The SMILES string of the molecule is CC=CC=CC(=O)OCC1=C(C(=O)O)N2C(=O)[C@@H](NC(=O)C(=NOC)c3csc(N)n3)[C@H]2SC1. The van der Waals surface area contributed by atoms with E-state index in [2.05, 4.69) is 15.5 Å². The molecule has 180 valence electrons. The summed E-state index contributed by atoms with van der Waals surface area (Å²) in [6.45, 7) is 1.51. The molecule has 2 aliphatic heterocycles. The number of thiazole rings is 1. The standard InChI is InChI=1S/C20H21N5O7S2/c1-3-4-5-6-12(26)32-7-10-8-33-18-14(17(28)25(18)15(10)19(29)30)23-16(27)13(24-31-2)11-9-34-20(21)22-11/h3-6,9,14,18H,7-8H2,1-2H3,(H2,21,22)(H,23,27)(H,29,30)/t14-,18-/m1/s1. The zero-order valence-electron chi connectivity index (χ0n) is 18.1. The van der Waals surface area contributed by atoms with Crippen molar-refractivity contribution in [1.82, 2.24) is 15.2 Å². The second-order valence-electron chi connectivity index (χ2n) is 6.80. The minimum Gasteiger partial charge on any atom is -0.477 e. The van der Waals surface area contributed by atoms with Crippen LogP contribution in [-0.4, -0.2) is 75.3 Å². The van der Waals surface area contributed by atoms with Crippen molar-refractivity contribution in [3.63, 3.8) is 0 Å². The Morgan fingerprint density at radius 2 is 2.18 bits per heavy atom. The maximum absolute atomic E-state index is 12.8. The number of nitrogens with zero attached hydrogens (tertiary/aromatic N) is 3. The van der Waals surface area contributed by atoms with Gasteiger partial charge in [0.1, 0.15) is 36.5 Å². The zero-order chi connectivity index (χ0) is 24.8. The number of anilines is 1. The number of esters is 1. The van der Waals surface area contributed by atoms with Gasteiger partial charge in [-0.1, -0.05) is 23.4 Å². The van der Waals surface area contributed by atoms with E-state index < -0.39 is 35.2 Å². The lowest BCUT2D eigenvalue weighted by molar-refractivity contribution is -0.150. The molecule has 2 amide bonds. The van der Waals surface area contributed by atoms with Crippen LogP contribution in [0.4, 0.5) is 5.13 Å². The Hall–Kier alpha value is -3.65. The van der Waals surface area contributed by atoms with Crippen molar-refractivity contribution in [2.75, 3.05) is 25.2 Å². The van der Waals surface area contributed by atoms with E-state index in [-0.39, 0.29) is 40.2 Å². The van der Waals surface area contributed by atoms with Gasteiger partial charge in [-0.25, -0.2) is 14.6 Å². The van der Waals surface area contributed by atoms with E-state index in [9.17, 15) is 24.3 Å². The maximum Gasteiger partial charge on any atom is 0.352 e. The first-order valence-electron chi connectivity index (χ1n) is 9.78. The number of hydrogen-bond donors (Lipinski definition) is 3. The summed E-state index contributed by atoms with van der Waals surface area (Å²) in [5.41, 5.74) is 5.63. The topological polar surface area (TPSA) is 174 Å². The van der Waals surface area contributed by atoms with Crippen molar-refractivity contribution in [3.8, 4) is 0 Å². The largest absolute Gasteiger partial charge is 0.477 e. The monoisotopic (exact) mass is 507 g/mol. The first kappa shape index (κ1) is 25.0. The summed E-state index contributed by atoms with van der Waals surface area (Å²) in [4.78, 5) is 59.0. The molecule has 2 atom stereocenters. The summed E-state index contributed by atoms with van der Waals surface area (Å²) in [5.74, 6) is -3.13. The zero-order valence-corrected chi connectivity index (χ0v) is 19.7. The molecule has 0 saturated carbocycles. The van der Waals surface area contributed by atoms with E-state index in [0.717, 1.165) is 16.2 Å². The lowest BCUT2D eigenvalue weighted by atomic mass is 10.0. The van der Waals surface area contributed by atoms with Crippen LogP contribution in [0.2, 0.25) is 0 Å². The van der Waals surface area contributed by atoms with Gasteiger partial charge < -0.3 is 25.7 Å². The predicted molar refractivity (Wildman–Crippen MR) is 125 cm³/mol. The smallest absolute Gasteiger partial charge is 0.352 e. The van der Waals surface area contributed by atoms with Gasteiger partial charge in [-0.2, -0.15) is 0 Å². The first-order chi connectivity index (χ1) is 16.3. The van der Waals surface area contributed by atoms with Crippen LogP contribution in [0.1, 0.15) is 12.6 Å². The number of nitrogen functional groups attached to an aromatic ring is 1. The molecule has 1 aromatic heterocycles. The van der Waals surface area contributed by atoms with Crippen LogP contribution in [0.25, 0.3) is 0 Å². The number of oxime groups is 1. The number of amides is 2. The van der Waals surface area contributed by atoms with Crippen molar-refractivity contribution in [3.05, 3.63) is 46.6 Å². The number of fused-ring (bicyclic) bond motifs is 1. The van der Waals surface area contributed by atoms with Crippen LogP contribution >= 0.6 is 23.1 Å². The summed E-state index contributed by atoms with van der Waals surface area (Å²) in [5, 5.41) is 17.0. The Kier molecular flexibility index (Phi) is 8.07. The third-order valence-corrected chi connectivity index (χ3v) is 6.64. The second kappa shape index (κ2) is 11.0. The van der Waals surface area contributed by atoms with Crippen molar-refractivity contribution < 1.29 is 33.9 Å². The number of nitrogens with one attached hydrogen (secondary N) is 1. The molecule has 0 spiro atoms. The number of thioether (sulfide) groups is 1. The molecule has 2 aliphatic rings. The summed E-state index contributed by atoms with van der Waals surface area (Å²) >= 11 is 2.34. The van der Waals surface area contributed by atoms with Gasteiger partial charge in [0.05, 0.1) is 0 Å². The molecule has 0 aromatic carbocycles. The molecule has 1 fully saturated rings. The summed E-state index contributed by atoms with van der Waals surface area (Å²) in [6.07, 6.45) is 6.07. The number of ether oxygens (including phenoxy) is 1. The minimum absolute atomic E-state index is 0.171. The van der Waals surface area contributed by atoms with Crippen LogP contribution in [0.3, 0.4) is 0 Å². The Bertz CT molecular complexity index is 1120. The van der Waals surface area contributed by atoms with Gasteiger partial charge in [-0.05, 0) is 6.92 Å². The molecule has 0 aliphatic carbocycles. The Morgan fingerprint density at radius 3 is 2.79 bits per heavy atom. The number of carbonyl (C=O) groups is 4. The number of allylic oxidation sites excluding steroid dienone is 3. The highest BCUT2D eigenvalue weighted by atomic mass is 32.2. The molecule has 3 rings (SSSR count). The highest BCUT2D eigenvalue weighted by Gasteiger charge is 2.54. The number of rotatable bonds is 9. The van der Waals surface area contributed by atoms with Gasteiger partial charge >= 0.3 is 11.9 Å². The van der Waals surface area contributed by atoms with E-state index in [1.54, 1.807) is 19.1 Å². The van der Waals surface area contributed by atoms with Gasteiger partial charge in [0.2, 0.25) is 0 Å². The van der Waals surface area contributed by atoms with Gasteiger partial charge in [0, 0.05) is 22.8 Å². The third kappa shape index (κ3) is 5.28. The van der Waals surface area contributed by atoms with Crippen LogP contribution in [0.5, 0.6) is 0 Å². The second-order valence-corrected chi connectivity index (χ2v) is 8.80. The van der Waals surface area contributed by atoms with Gasteiger partial charge in [0.25, 0.3) is 11.8 Å². The molecule has 0 bridgehead atoms. The molecule has 4 N–H and O–H groups in total. The highest BCUT2D eigenvalue weighted by Crippen LogP contribution is 2.40. The van der Waals surface area contributed by atoms with Crippen LogP contribution < -0.4 is 11.1 Å². The number of nitrogens with two attached hydrogens (primary N) is 1. The number of aromatic nitrogens is 1. The molecular formula is C20H21N5O7S2. The van der Waals surface area contributed by atoms with Crippen molar-refractivity contribution in [2.45, 2.75) is 18.3 Å². The fraction of sp³-hybridized carbons (Fsp3) is 0.300. The molecule has 3 heterocycles. The lowest BCUT2D eigenvalue weighted by Gasteiger charge is -2.49. The van der Waals surface area contributed by atoms with Crippen molar-refractivity contribution in [1.29, 1.82) is 0 Å². The van der Waals surface area contributed by atoms with Crippen LogP contribution in [-0.2, 0) is 28.8 Å². The normalized spacial score (nSPS) is 20.4. The molecule has 14 heteroatoms. The van der Waals surface area contributed by atoms with E-state index in [4.69, 9.17) is 15.3 Å². The number of carboxylic acid groups (broad SMARTS) is 1. The fourth-order valence-electron chi connectivity index (χ4n) is 3.15. The van der Waals surface area contributed by atoms with Crippen molar-refractivity contribution >= 4 is 57.7 Å². The van der Waals surface area contributed by atoms with E-state index in [1.807, 2.05) is 0 Å². The first-order valence-corrected chi connectivity index (χ1v) is 11.7. The number of carboxylic acids is 1. The Labute approximate surface area is 202 Å². The minimum atomic E-state index is -1.33. The van der Waals surface area contributed by atoms with E-state index in [1.165, 1.54) is 36.4 Å². The number of carbonyl (C=O) groups excluding carboxylic acids is 3. The number of hydrogen-bond acceptors (Lipinski definition) is 11. The molecule has 1 aromatic rings. The molecule has 12 nitrogen and oxygen atoms in total. The molecular weight excluding hydrogens is 486 g/mol. The Balaban J connectivity index is 1.72. The quantitative estimate of drug-likeness (QED) is 0.107. The van der Waals surface area contributed by atoms with Crippen molar-refractivity contribution in [2.24, 2.45) is 5.16 Å². The van der Waals surface area contributed by atoms with Gasteiger partial charge in [0.15, 0.2) is 10.8 Å². The molecule has 0 radical (unpaired) electrons. The fourth-order valence-corrected chi connectivity index (χ4v) is 5.02. The predicted octanol–water partition coefficient (Wildman–Crippen LogP) is 0.490. The summed E-state index contributed by atoms with van der Waals surface area (Å²) in [6, 6.07) is -0.988. The molecule has 34 heavy (non-hydrogen) atoms. The summed E-state index contributed by atoms with van der Waals surface area (Å²) < 4.78 is 5.10. The van der Waals surface area contributed by atoms with Gasteiger partial charge in [-0.3, -0.25) is 14.5 Å². The maximum atomic E-state index is 12.8. The summed E-state index contributed by atoms with van der Waals surface area (Å²) in [7, 11) is 1.25. The van der Waals surface area contributed by atoms with E-state index in [0.29, 0.717) is 0 Å². The molecule has 1 saturated heterocycles. The van der Waals surface area contributed by atoms with Gasteiger partial charge in [-0.15, -0.1) is 23.1 Å². The average Bonchev–Trinajstić information content (AvgIpc) is 3.24. The number of aliphatic carboxylic acids is 1. The number of β-lactam (4-membered cyclic amide) rings is 1. The highest BCUT2D eigenvalue weighted by molar-refractivity contribution is 8.00.